The highest BCUT2D eigenvalue weighted by atomic mass is 16.5. The van der Waals surface area contributed by atoms with E-state index in [1.54, 1.807) is 12.4 Å². The summed E-state index contributed by atoms with van der Waals surface area (Å²) in [6.45, 7) is 1.02. The monoisotopic (exact) mass is 330 g/mol. The maximum absolute atomic E-state index is 5.89. The van der Waals surface area contributed by atoms with Crippen molar-refractivity contribution >= 4 is 16.7 Å². The number of hydrogen-bond acceptors (Lipinski definition) is 4. The van der Waals surface area contributed by atoms with Crippen molar-refractivity contribution in [3.8, 4) is 5.75 Å². The van der Waals surface area contributed by atoms with Crippen molar-refractivity contribution in [3.05, 3.63) is 84.9 Å². The second-order valence-corrected chi connectivity index (χ2v) is 5.62. The smallest absolute Gasteiger partial charge is 0.149 e. The van der Waals surface area contributed by atoms with E-state index in [1.165, 1.54) is 0 Å². The molecule has 4 rings (SSSR count). The maximum atomic E-state index is 5.89. The molecule has 25 heavy (non-hydrogen) atoms. The van der Waals surface area contributed by atoms with E-state index in [0.29, 0.717) is 13.3 Å². The van der Waals surface area contributed by atoms with Crippen LogP contribution >= 0.6 is 0 Å². The Morgan fingerprint density at radius 2 is 1.64 bits per heavy atom. The topological polar surface area (TPSA) is 52.0 Å². The van der Waals surface area contributed by atoms with E-state index in [9.17, 15) is 0 Å². The Kier molecular flexibility index (Phi) is 4.29. The van der Waals surface area contributed by atoms with Gasteiger partial charge < -0.3 is 14.6 Å². The van der Waals surface area contributed by atoms with Gasteiger partial charge in [0.05, 0.1) is 17.7 Å². The molecule has 124 valence electrons. The van der Waals surface area contributed by atoms with Crippen molar-refractivity contribution in [1.29, 1.82) is 0 Å². The maximum Gasteiger partial charge on any atom is 0.149 e. The molecule has 0 aliphatic carbocycles. The molecule has 2 aromatic heterocycles. The zero-order chi connectivity index (χ0) is 16.9. The van der Waals surface area contributed by atoms with Crippen molar-refractivity contribution in [2.45, 2.75) is 13.3 Å². The second kappa shape index (κ2) is 7.05. The molecular formula is C20H18N4O. The molecule has 5 nitrogen and oxygen atoms in total. The van der Waals surface area contributed by atoms with Crippen LogP contribution in [-0.2, 0) is 13.3 Å². The van der Waals surface area contributed by atoms with Crippen molar-refractivity contribution in [2.75, 3.05) is 5.32 Å². The molecule has 1 N–H and O–H groups in total. The van der Waals surface area contributed by atoms with Crippen molar-refractivity contribution in [1.82, 2.24) is 14.5 Å². The third kappa shape index (κ3) is 3.45. The fourth-order valence-corrected chi connectivity index (χ4v) is 2.72. The Morgan fingerprint density at radius 1 is 0.880 bits per heavy atom. The SMILES string of the molecule is c1ccc(OCc2nc3ccccc3n2CNc2ccncc2)cc1. The third-order valence-electron chi connectivity index (χ3n) is 3.97. The molecule has 0 spiro atoms. The van der Waals surface area contributed by atoms with Crippen molar-refractivity contribution in [2.24, 2.45) is 0 Å². The van der Waals surface area contributed by atoms with Gasteiger partial charge in [0, 0.05) is 18.1 Å². The van der Waals surface area contributed by atoms with Gasteiger partial charge in [-0.3, -0.25) is 4.98 Å². The van der Waals surface area contributed by atoms with Crippen LogP contribution in [0.2, 0.25) is 0 Å². The van der Waals surface area contributed by atoms with Gasteiger partial charge in [-0.15, -0.1) is 0 Å². The normalized spacial score (nSPS) is 10.7. The van der Waals surface area contributed by atoms with E-state index in [0.717, 1.165) is 28.3 Å². The average molecular weight is 330 g/mol. The summed E-state index contributed by atoms with van der Waals surface area (Å²) in [6, 6.07) is 21.8. The summed E-state index contributed by atoms with van der Waals surface area (Å²) >= 11 is 0. The van der Waals surface area contributed by atoms with Gasteiger partial charge in [0.2, 0.25) is 0 Å². The number of pyridine rings is 1. The molecule has 5 heteroatoms. The van der Waals surface area contributed by atoms with Crippen LogP contribution in [0.5, 0.6) is 5.75 Å². The zero-order valence-corrected chi connectivity index (χ0v) is 13.7. The number of fused-ring (bicyclic) bond motifs is 1. The van der Waals surface area contributed by atoms with Crippen LogP contribution in [0.4, 0.5) is 5.69 Å². The summed E-state index contributed by atoms with van der Waals surface area (Å²) in [7, 11) is 0. The molecule has 0 amide bonds. The van der Waals surface area contributed by atoms with E-state index >= 15 is 0 Å². The van der Waals surface area contributed by atoms with Crippen LogP contribution in [0.15, 0.2) is 79.1 Å². The van der Waals surface area contributed by atoms with E-state index in [4.69, 9.17) is 9.72 Å². The fourth-order valence-electron chi connectivity index (χ4n) is 2.72. The Bertz CT molecular complexity index is 951. The lowest BCUT2D eigenvalue weighted by Gasteiger charge is -2.12. The molecule has 4 aromatic rings. The van der Waals surface area contributed by atoms with Gasteiger partial charge in [-0.25, -0.2) is 4.98 Å². The molecule has 0 aliphatic rings. The lowest BCUT2D eigenvalue weighted by atomic mass is 10.3. The average Bonchev–Trinajstić information content (AvgIpc) is 3.04. The number of ether oxygens (including phenoxy) is 1. The molecule has 0 radical (unpaired) electrons. The number of aromatic nitrogens is 3. The van der Waals surface area contributed by atoms with Crippen LogP contribution in [-0.4, -0.2) is 14.5 Å². The number of benzene rings is 2. The molecule has 0 fully saturated rings. The number of para-hydroxylation sites is 3. The highest BCUT2D eigenvalue weighted by Crippen LogP contribution is 2.18. The Labute approximate surface area is 145 Å². The molecule has 0 atom stereocenters. The van der Waals surface area contributed by atoms with Crippen molar-refractivity contribution in [3.63, 3.8) is 0 Å². The van der Waals surface area contributed by atoms with Gasteiger partial charge in [0.1, 0.15) is 18.2 Å². The first-order valence-corrected chi connectivity index (χ1v) is 8.16. The number of anilines is 1. The Balaban J connectivity index is 1.59. The van der Waals surface area contributed by atoms with Crippen LogP contribution in [0.25, 0.3) is 11.0 Å². The molecule has 0 saturated heterocycles. The van der Waals surface area contributed by atoms with E-state index < -0.39 is 0 Å². The zero-order valence-electron chi connectivity index (χ0n) is 13.7. The first-order valence-electron chi connectivity index (χ1n) is 8.16. The fraction of sp³-hybridized carbons (Fsp3) is 0.100. The minimum absolute atomic E-state index is 0.413. The second-order valence-electron chi connectivity index (χ2n) is 5.62. The highest BCUT2D eigenvalue weighted by Gasteiger charge is 2.11. The Morgan fingerprint density at radius 3 is 2.48 bits per heavy atom. The van der Waals surface area contributed by atoms with Gasteiger partial charge in [-0.05, 0) is 36.4 Å². The van der Waals surface area contributed by atoms with E-state index in [1.807, 2.05) is 60.7 Å². The van der Waals surface area contributed by atoms with E-state index in [2.05, 4.69) is 20.9 Å². The standard InChI is InChI=1S/C20H18N4O/c1-2-6-17(7-3-1)25-14-20-23-18-8-4-5-9-19(18)24(20)15-22-16-10-12-21-13-11-16/h1-13H,14-15H2,(H,21,22). The van der Waals surface area contributed by atoms with E-state index in [-0.39, 0.29) is 0 Å². The van der Waals surface area contributed by atoms with Crippen molar-refractivity contribution < 1.29 is 4.74 Å². The largest absolute Gasteiger partial charge is 0.486 e. The van der Waals surface area contributed by atoms with Gasteiger partial charge in [0.15, 0.2) is 0 Å². The molecule has 0 unspecified atom stereocenters. The number of nitrogens with zero attached hydrogens (tertiary/aromatic N) is 3. The van der Waals surface area contributed by atoms with Gasteiger partial charge in [-0.2, -0.15) is 0 Å². The number of hydrogen-bond donors (Lipinski definition) is 1. The van der Waals surface area contributed by atoms with Crippen LogP contribution in [0.1, 0.15) is 5.82 Å². The lowest BCUT2D eigenvalue weighted by molar-refractivity contribution is 0.291. The molecule has 0 saturated carbocycles. The third-order valence-corrected chi connectivity index (χ3v) is 3.97. The van der Waals surface area contributed by atoms with Crippen LogP contribution in [0, 0.1) is 0 Å². The summed E-state index contributed by atoms with van der Waals surface area (Å²) < 4.78 is 8.03. The first kappa shape index (κ1) is 15.2. The first-order chi connectivity index (χ1) is 12.4. The Hall–Kier alpha value is -3.34. The molecule has 0 aliphatic heterocycles. The lowest BCUT2D eigenvalue weighted by Crippen LogP contribution is -2.13. The van der Waals surface area contributed by atoms with Gasteiger partial charge >= 0.3 is 0 Å². The minimum atomic E-state index is 0.413. The highest BCUT2D eigenvalue weighted by molar-refractivity contribution is 5.76. The molecule has 2 aromatic carbocycles. The van der Waals surface area contributed by atoms with Crippen LogP contribution < -0.4 is 10.1 Å². The van der Waals surface area contributed by atoms with Gasteiger partial charge in [0.25, 0.3) is 0 Å². The molecular weight excluding hydrogens is 312 g/mol. The van der Waals surface area contributed by atoms with Gasteiger partial charge in [-0.1, -0.05) is 30.3 Å². The number of imidazole rings is 1. The quantitative estimate of drug-likeness (QED) is 0.579. The summed E-state index contributed by atoms with van der Waals surface area (Å²) in [5.41, 5.74) is 3.06. The van der Waals surface area contributed by atoms with Crippen LogP contribution in [0.3, 0.4) is 0 Å². The molecule has 2 heterocycles. The molecule has 0 bridgehead atoms. The summed E-state index contributed by atoms with van der Waals surface area (Å²) in [5.74, 6) is 1.72. The number of nitrogens with one attached hydrogen (secondary N) is 1. The minimum Gasteiger partial charge on any atom is -0.486 e. The predicted octanol–water partition coefficient (Wildman–Crippen LogP) is 4.08. The summed E-state index contributed by atoms with van der Waals surface area (Å²) in [6.07, 6.45) is 3.54. The number of rotatable bonds is 6. The summed E-state index contributed by atoms with van der Waals surface area (Å²) in [5, 5.41) is 3.41. The summed E-state index contributed by atoms with van der Waals surface area (Å²) in [4.78, 5) is 8.77. The predicted molar refractivity (Wildman–Crippen MR) is 98.4 cm³/mol.